The first-order valence-corrected chi connectivity index (χ1v) is 8.66. The van der Waals surface area contributed by atoms with E-state index in [1.54, 1.807) is 0 Å². The minimum absolute atomic E-state index is 0.0586. The number of carbonyl (C=O) groups is 2. The van der Waals surface area contributed by atoms with Crippen LogP contribution in [0.2, 0.25) is 0 Å². The van der Waals surface area contributed by atoms with Crippen molar-refractivity contribution in [2.75, 3.05) is 26.2 Å². The molecule has 0 saturated heterocycles. The van der Waals surface area contributed by atoms with E-state index in [0.29, 0.717) is 11.8 Å². The average Bonchev–Trinajstić information content (AvgIpc) is 3.10. The summed E-state index contributed by atoms with van der Waals surface area (Å²) < 4.78 is 0. The van der Waals surface area contributed by atoms with Gasteiger partial charge >= 0.3 is 0 Å². The molecule has 4 atom stereocenters. The molecule has 2 aliphatic rings. The fourth-order valence-electron chi connectivity index (χ4n) is 4.49. The van der Waals surface area contributed by atoms with Crippen LogP contribution in [0, 0.1) is 23.7 Å². The van der Waals surface area contributed by atoms with Crippen LogP contribution in [0.4, 0.5) is 0 Å². The molecule has 2 amide bonds. The van der Waals surface area contributed by atoms with Crippen LogP contribution in [0.5, 0.6) is 0 Å². The van der Waals surface area contributed by atoms with Crippen LogP contribution in [0.15, 0.2) is 0 Å². The average molecular weight is 294 g/mol. The number of fused-ring (bicyclic) bond motifs is 2. The maximum absolute atomic E-state index is 12.9. The summed E-state index contributed by atoms with van der Waals surface area (Å²) in [5.74, 6) is 1.20. The zero-order chi connectivity index (χ0) is 15.6. The minimum Gasteiger partial charge on any atom is -0.343 e. The lowest BCUT2D eigenvalue weighted by Gasteiger charge is -2.35. The second-order valence-electron chi connectivity index (χ2n) is 6.41. The molecule has 2 bridgehead atoms. The lowest BCUT2D eigenvalue weighted by molar-refractivity contribution is -0.148. The van der Waals surface area contributed by atoms with Gasteiger partial charge in [0.05, 0.1) is 11.8 Å². The van der Waals surface area contributed by atoms with Gasteiger partial charge in [0.2, 0.25) is 11.8 Å². The molecule has 2 aliphatic carbocycles. The number of nitrogens with zero attached hydrogens (tertiary/aromatic N) is 2. The van der Waals surface area contributed by atoms with Crippen LogP contribution in [0.25, 0.3) is 0 Å². The predicted octanol–water partition coefficient (Wildman–Crippen LogP) is 2.39. The van der Waals surface area contributed by atoms with Gasteiger partial charge < -0.3 is 9.80 Å². The van der Waals surface area contributed by atoms with Crippen LogP contribution < -0.4 is 0 Å². The number of hydrogen-bond donors (Lipinski definition) is 0. The molecule has 0 heterocycles. The molecular formula is C17H30N2O2. The normalized spacial score (nSPS) is 30.5. The molecule has 0 spiro atoms. The van der Waals surface area contributed by atoms with Crippen LogP contribution >= 0.6 is 0 Å². The van der Waals surface area contributed by atoms with E-state index in [1.807, 2.05) is 37.5 Å². The first kappa shape index (κ1) is 16.3. The number of hydrogen-bond acceptors (Lipinski definition) is 2. The lowest BCUT2D eigenvalue weighted by Crippen LogP contribution is -2.47. The van der Waals surface area contributed by atoms with E-state index in [-0.39, 0.29) is 23.7 Å². The molecule has 2 saturated carbocycles. The van der Waals surface area contributed by atoms with Gasteiger partial charge in [-0.2, -0.15) is 0 Å². The molecule has 0 unspecified atom stereocenters. The first-order valence-electron chi connectivity index (χ1n) is 8.66. The predicted molar refractivity (Wildman–Crippen MR) is 83.7 cm³/mol. The van der Waals surface area contributed by atoms with Crippen molar-refractivity contribution >= 4 is 11.8 Å². The summed E-state index contributed by atoms with van der Waals surface area (Å²) in [6.07, 6.45) is 3.34. The summed E-state index contributed by atoms with van der Waals surface area (Å²) in [6, 6.07) is 0. The summed E-state index contributed by atoms with van der Waals surface area (Å²) in [6.45, 7) is 11.1. The summed E-state index contributed by atoms with van der Waals surface area (Å²) >= 11 is 0. The van der Waals surface area contributed by atoms with Gasteiger partial charge in [-0.25, -0.2) is 0 Å². The highest BCUT2D eigenvalue weighted by molar-refractivity contribution is 5.89. The van der Waals surface area contributed by atoms with Gasteiger partial charge in [0, 0.05) is 26.2 Å². The van der Waals surface area contributed by atoms with E-state index in [2.05, 4.69) is 0 Å². The smallest absolute Gasteiger partial charge is 0.226 e. The van der Waals surface area contributed by atoms with Crippen LogP contribution in [-0.2, 0) is 9.59 Å². The van der Waals surface area contributed by atoms with E-state index >= 15 is 0 Å². The van der Waals surface area contributed by atoms with E-state index < -0.39 is 0 Å². The molecule has 2 fully saturated rings. The van der Waals surface area contributed by atoms with Crippen molar-refractivity contribution in [1.82, 2.24) is 9.80 Å². The van der Waals surface area contributed by atoms with Crippen molar-refractivity contribution in [3.63, 3.8) is 0 Å². The van der Waals surface area contributed by atoms with Crippen molar-refractivity contribution in [3.8, 4) is 0 Å². The van der Waals surface area contributed by atoms with Crippen molar-refractivity contribution in [1.29, 1.82) is 0 Å². The van der Waals surface area contributed by atoms with E-state index in [9.17, 15) is 9.59 Å². The molecule has 0 aromatic carbocycles. The quantitative estimate of drug-likeness (QED) is 0.754. The molecule has 0 radical (unpaired) electrons. The standard InChI is InChI=1S/C17H30N2O2/c1-5-18(6-2)16(20)14-12-9-10-13(11-12)15(14)17(21)19(7-3)8-4/h12-15H,5-11H2,1-4H3/t12-,13-,14-,15+/m0/s1. The van der Waals surface area contributed by atoms with Gasteiger partial charge in [-0.15, -0.1) is 0 Å². The van der Waals surface area contributed by atoms with E-state index in [4.69, 9.17) is 0 Å². The third-order valence-corrected chi connectivity index (χ3v) is 5.64. The largest absolute Gasteiger partial charge is 0.343 e. The topological polar surface area (TPSA) is 40.6 Å². The fourth-order valence-corrected chi connectivity index (χ4v) is 4.49. The number of rotatable bonds is 6. The highest BCUT2D eigenvalue weighted by Gasteiger charge is 2.54. The zero-order valence-corrected chi connectivity index (χ0v) is 14.0. The second-order valence-corrected chi connectivity index (χ2v) is 6.41. The SMILES string of the molecule is CCN(CC)C(=O)[C@@H]1[C@H]2CC[C@@H](C2)[C@@H]1C(=O)N(CC)CC. The van der Waals surface area contributed by atoms with Crippen LogP contribution in [-0.4, -0.2) is 47.8 Å². The maximum atomic E-state index is 12.9. The molecular weight excluding hydrogens is 264 g/mol. The molecule has 2 rings (SSSR count). The van der Waals surface area contributed by atoms with Gasteiger partial charge in [-0.1, -0.05) is 0 Å². The summed E-state index contributed by atoms with van der Waals surface area (Å²) in [4.78, 5) is 29.6. The Bertz CT molecular complexity index is 352. The summed E-state index contributed by atoms with van der Waals surface area (Å²) in [7, 11) is 0. The molecule has 21 heavy (non-hydrogen) atoms. The van der Waals surface area contributed by atoms with E-state index in [1.165, 1.54) is 0 Å². The molecule has 0 aromatic heterocycles. The number of carbonyl (C=O) groups excluding carboxylic acids is 2. The van der Waals surface area contributed by atoms with Gasteiger partial charge in [0.15, 0.2) is 0 Å². The zero-order valence-electron chi connectivity index (χ0n) is 14.0. The fraction of sp³-hybridized carbons (Fsp3) is 0.882. The van der Waals surface area contributed by atoms with Gasteiger partial charge in [-0.05, 0) is 58.8 Å². The molecule has 0 aromatic rings. The van der Waals surface area contributed by atoms with Gasteiger partial charge in [0.25, 0.3) is 0 Å². The monoisotopic (exact) mass is 294 g/mol. The second kappa shape index (κ2) is 6.80. The Balaban J connectivity index is 2.21. The Morgan fingerprint density at radius 1 is 0.762 bits per heavy atom. The van der Waals surface area contributed by atoms with Crippen molar-refractivity contribution in [3.05, 3.63) is 0 Å². The van der Waals surface area contributed by atoms with Crippen molar-refractivity contribution < 1.29 is 9.59 Å². The van der Waals surface area contributed by atoms with Crippen LogP contribution in [0.3, 0.4) is 0 Å². The molecule has 0 N–H and O–H groups in total. The number of amides is 2. The Kier molecular flexibility index (Phi) is 5.28. The third kappa shape index (κ3) is 2.82. The van der Waals surface area contributed by atoms with Gasteiger partial charge in [-0.3, -0.25) is 9.59 Å². The Hall–Kier alpha value is -1.06. The molecule has 0 aliphatic heterocycles. The molecule has 4 heteroatoms. The van der Waals surface area contributed by atoms with Gasteiger partial charge in [0.1, 0.15) is 0 Å². The Morgan fingerprint density at radius 2 is 1.10 bits per heavy atom. The lowest BCUT2D eigenvalue weighted by atomic mass is 9.77. The maximum Gasteiger partial charge on any atom is 0.226 e. The third-order valence-electron chi connectivity index (χ3n) is 5.64. The van der Waals surface area contributed by atoms with E-state index in [0.717, 1.165) is 45.4 Å². The Morgan fingerprint density at radius 3 is 1.38 bits per heavy atom. The minimum atomic E-state index is -0.0586. The van der Waals surface area contributed by atoms with Crippen LogP contribution in [0.1, 0.15) is 47.0 Å². The van der Waals surface area contributed by atoms with Crippen molar-refractivity contribution in [2.24, 2.45) is 23.7 Å². The highest BCUT2D eigenvalue weighted by Crippen LogP contribution is 2.53. The Labute approximate surface area is 128 Å². The highest BCUT2D eigenvalue weighted by atomic mass is 16.2. The summed E-state index contributed by atoms with van der Waals surface area (Å²) in [5, 5.41) is 0. The van der Waals surface area contributed by atoms with Crippen molar-refractivity contribution in [2.45, 2.75) is 47.0 Å². The molecule has 120 valence electrons. The first-order chi connectivity index (χ1) is 10.1. The summed E-state index contributed by atoms with van der Waals surface area (Å²) in [5.41, 5.74) is 0. The molecule has 4 nitrogen and oxygen atoms in total.